The van der Waals surface area contributed by atoms with Crippen molar-refractivity contribution >= 4 is 44.2 Å². The summed E-state index contributed by atoms with van der Waals surface area (Å²) in [6.45, 7) is 4.48. The molecule has 5 nitrogen and oxygen atoms in total. The van der Waals surface area contributed by atoms with E-state index >= 15 is 0 Å². The van der Waals surface area contributed by atoms with E-state index in [4.69, 9.17) is 4.84 Å². The zero-order valence-corrected chi connectivity index (χ0v) is 17.0. The van der Waals surface area contributed by atoms with Gasteiger partial charge in [0.15, 0.2) is 0 Å². The number of amides is 2. The lowest BCUT2D eigenvalue weighted by molar-refractivity contribution is -0.0960. The molecule has 0 bridgehead atoms. The number of carbonyl (C=O) groups is 2. The standard InChI is InChI=1S/C21H23BrN2O3/c1-2-3-6-11-27-24-20(25)15-7-8-18(23-9-4-5-10-23)16-12-14(22)13-17(19(15)16)21(24)26/h7-8,12-13H,2-6,9-11H2,1H3. The fraction of sp³-hybridized carbons (Fsp3) is 0.429. The molecule has 142 valence electrons. The van der Waals surface area contributed by atoms with Gasteiger partial charge >= 0.3 is 0 Å². The van der Waals surface area contributed by atoms with Crippen LogP contribution in [-0.4, -0.2) is 36.6 Å². The molecule has 0 N–H and O–H groups in total. The van der Waals surface area contributed by atoms with Gasteiger partial charge in [0.2, 0.25) is 0 Å². The van der Waals surface area contributed by atoms with Crippen LogP contribution in [0.1, 0.15) is 59.7 Å². The molecule has 2 amide bonds. The largest absolute Gasteiger partial charge is 0.371 e. The second kappa shape index (κ2) is 7.60. The summed E-state index contributed by atoms with van der Waals surface area (Å²) in [7, 11) is 0. The summed E-state index contributed by atoms with van der Waals surface area (Å²) >= 11 is 3.54. The summed E-state index contributed by atoms with van der Waals surface area (Å²) in [5, 5.41) is 2.63. The Kier molecular flexibility index (Phi) is 5.19. The summed E-state index contributed by atoms with van der Waals surface area (Å²) in [5.41, 5.74) is 2.14. The van der Waals surface area contributed by atoms with E-state index in [-0.39, 0.29) is 11.8 Å². The van der Waals surface area contributed by atoms with Crippen molar-refractivity contribution in [3.8, 4) is 0 Å². The quantitative estimate of drug-likeness (QED) is 0.481. The van der Waals surface area contributed by atoms with Crippen molar-refractivity contribution in [3.05, 3.63) is 39.9 Å². The highest BCUT2D eigenvalue weighted by molar-refractivity contribution is 9.10. The predicted octanol–water partition coefficient (Wildman–Crippen LogP) is 4.92. The number of hydrogen-bond acceptors (Lipinski definition) is 4. The van der Waals surface area contributed by atoms with Gasteiger partial charge in [0.1, 0.15) is 0 Å². The minimum Gasteiger partial charge on any atom is -0.371 e. The highest BCUT2D eigenvalue weighted by Crippen LogP contribution is 2.39. The minimum atomic E-state index is -0.381. The van der Waals surface area contributed by atoms with E-state index in [1.54, 1.807) is 6.07 Å². The van der Waals surface area contributed by atoms with Crippen molar-refractivity contribution in [2.75, 3.05) is 24.6 Å². The van der Waals surface area contributed by atoms with Crippen LogP contribution in [0.2, 0.25) is 0 Å². The molecule has 1 saturated heterocycles. The summed E-state index contributed by atoms with van der Waals surface area (Å²) in [4.78, 5) is 33.9. The van der Waals surface area contributed by atoms with Gasteiger partial charge in [0.05, 0.1) is 17.7 Å². The van der Waals surface area contributed by atoms with Crippen molar-refractivity contribution in [1.82, 2.24) is 5.06 Å². The van der Waals surface area contributed by atoms with Crippen LogP contribution in [0.4, 0.5) is 5.69 Å². The van der Waals surface area contributed by atoms with Crippen LogP contribution in [0.5, 0.6) is 0 Å². The van der Waals surface area contributed by atoms with Crippen LogP contribution >= 0.6 is 15.9 Å². The smallest absolute Gasteiger partial charge is 0.285 e. The molecule has 2 heterocycles. The van der Waals surface area contributed by atoms with Gasteiger partial charge in [-0.25, -0.2) is 0 Å². The minimum absolute atomic E-state index is 0.365. The molecule has 0 aromatic heterocycles. The number of halogens is 1. The van der Waals surface area contributed by atoms with Crippen LogP contribution in [-0.2, 0) is 4.84 Å². The van der Waals surface area contributed by atoms with Crippen molar-refractivity contribution in [2.24, 2.45) is 0 Å². The first kappa shape index (κ1) is 18.4. The lowest BCUT2D eigenvalue weighted by Gasteiger charge is -2.28. The van der Waals surface area contributed by atoms with E-state index in [1.165, 1.54) is 12.8 Å². The molecule has 6 heteroatoms. The van der Waals surface area contributed by atoms with E-state index in [2.05, 4.69) is 27.8 Å². The molecular formula is C21H23BrN2O3. The molecule has 2 aliphatic heterocycles. The Labute approximate surface area is 167 Å². The molecule has 0 aliphatic carbocycles. The van der Waals surface area contributed by atoms with Gasteiger partial charge in [-0.2, -0.15) is 0 Å². The second-order valence-corrected chi connectivity index (χ2v) is 8.06. The molecule has 2 aliphatic rings. The van der Waals surface area contributed by atoms with Crippen molar-refractivity contribution in [1.29, 1.82) is 0 Å². The Bertz CT molecular complexity index is 906. The third-order valence-corrected chi connectivity index (χ3v) is 5.76. The summed E-state index contributed by atoms with van der Waals surface area (Å²) in [6.07, 6.45) is 5.22. The van der Waals surface area contributed by atoms with Gasteiger partial charge < -0.3 is 4.90 Å². The SMILES string of the molecule is CCCCCON1C(=O)c2ccc(N3CCCC3)c3cc(Br)cc(c23)C1=O. The number of unbranched alkanes of at least 4 members (excludes halogenated alkanes) is 2. The van der Waals surface area contributed by atoms with Crippen molar-refractivity contribution < 1.29 is 14.4 Å². The fourth-order valence-corrected chi connectivity index (χ4v) is 4.41. The maximum absolute atomic E-state index is 13.0. The number of hydrogen-bond donors (Lipinski definition) is 0. The van der Waals surface area contributed by atoms with E-state index in [0.717, 1.165) is 58.3 Å². The Balaban J connectivity index is 1.77. The van der Waals surface area contributed by atoms with Crippen LogP contribution in [0.15, 0.2) is 28.7 Å². The average Bonchev–Trinajstić information content (AvgIpc) is 3.19. The molecule has 0 radical (unpaired) electrons. The lowest BCUT2D eigenvalue weighted by Crippen LogP contribution is -2.40. The zero-order chi connectivity index (χ0) is 19.0. The number of benzene rings is 2. The Morgan fingerprint density at radius 2 is 1.78 bits per heavy atom. The molecule has 0 unspecified atom stereocenters. The maximum atomic E-state index is 13.0. The third-order valence-electron chi connectivity index (χ3n) is 5.30. The number of hydroxylamine groups is 2. The van der Waals surface area contributed by atoms with Crippen LogP contribution in [0, 0.1) is 0 Å². The van der Waals surface area contributed by atoms with Crippen LogP contribution in [0.3, 0.4) is 0 Å². The average molecular weight is 431 g/mol. The molecule has 4 rings (SSSR count). The highest BCUT2D eigenvalue weighted by atomic mass is 79.9. The lowest BCUT2D eigenvalue weighted by atomic mass is 9.93. The molecule has 2 aromatic carbocycles. The van der Waals surface area contributed by atoms with Crippen molar-refractivity contribution in [2.45, 2.75) is 39.0 Å². The summed E-state index contributed by atoms with van der Waals surface area (Å²) in [5.74, 6) is -0.752. The molecule has 1 fully saturated rings. The monoisotopic (exact) mass is 430 g/mol. The van der Waals surface area contributed by atoms with Crippen molar-refractivity contribution in [3.63, 3.8) is 0 Å². The van der Waals surface area contributed by atoms with Gasteiger partial charge in [-0.05, 0) is 43.5 Å². The maximum Gasteiger partial charge on any atom is 0.285 e. The van der Waals surface area contributed by atoms with E-state index in [9.17, 15) is 9.59 Å². The molecule has 0 saturated carbocycles. The first-order valence-electron chi connectivity index (χ1n) is 9.64. The first-order chi connectivity index (χ1) is 13.1. The van der Waals surface area contributed by atoms with E-state index in [1.807, 2.05) is 18.2 Å². The van der Waals surface area contributed by atoms with E-state index in [0.29, 0.717) is 17.7 Å². The number of carbonyl (C=O) groups excluding carboxylic acids is 2. The van der Waals surface area contributed by atoms with Crippen LogP contribution < -0.4 is 4.90 Å². The van der Waals surface area contributed by atoms with Gasteiger partial charge in [0.25, 0.3) is 11.8 Å². The molecule has 0 atom stereocenters. The molecular weight excluding hydrogens is 408 g/mol. The summed E-state index contributed by atoms with van der Waals surface area (Å²) < 4.78 is 0.830. The van der Waals surface area contributed by atoms with E-state index < -0.39 is 0 Å². The molecule has 2 aromatic rings. The van der Waals surface area contributed by atoms with Gasteiger partial charge in [0, 0.05) is 34.0 Å². The second-order valence-electron chi connectivity index (χ2n) is 7.15. The number of rotatable bonds is 6. The Morgan fingerprint density at radius 1 is 1.04 bits per heavy atom. The highest BCUT2D eigenvalue weighted by Gasteiger charge is 2.35. The fourth-order valence-electron chi connectivity index (χ4n) is 3.95. The zero-order valence-electron chi connectivity index (χ0n) is 15.5. The Morgan fingerprint density at radius 3 is 2.52 bits per heavy atom. The van der Waals surface area contributed by atoms with Crippen LogP contribution in [0.25, 0.3) is 10.8 Å². The van der Waals surface area contributed by atoms with Gasteiger partial charge in [-0.1, -0.05) is 35.7 Å². The van der Waals surface area contributed by atoms with Gasteiger partial charge in [-0.3, -0.25) is 14.4 Å². The normalized spacial score (nSPS) is 16.7. The molecule has 27 heavy (non-hydrogen) atoms. The number of anilines is 1. The number of imide groups is 1. The predicted molar refractivity (Wildman–Crippen MR) is 109 cm³/mol. The number of nitrogens with zero attached hydrogens (tertiary/aromatic N) is 2. The summed E-state index contributed by atoms with van der Waals surface area (Å²) in [6, 6.07) is 7.64. The Hall–Kier alpha value is -1.92. The van der Waals surface area contributed by atoms with Gasteiger partial charge in [-0.15, -0.1) is 5.06 Å². The first-order valence-corrected chi connectivity index (χ1v) is 10.4. The third kappa shape index (κ3) is 3.25. The topological polar surface area (TPSA) is 49.9 Å². The molecule has 0 spiro atoms.